The van der Waals surface area contributed by atoms with Crippen LogP contribution in [-0.4, -0.2) is 22.0 Å². The fourth-order valence-corrected chi connectivity index (χ4v) is 2.09. The van der Waals surface area contributed by atoms with Crippen molar-refractivity contribution in [3.05, 3.63) is 48.3 Å². The number of fused-ring (bicyclic) bond motifs is 1. The van der Waals surface area contributed by atoms with Gasteiger partial charge in [-0.1, -0.05) is 6.07 Å². The monoisotopic (exact) mass is 265 g/mol. The van der Waals surface area contributed by atoms with Gasteiger partial charge >= 0.3 is 0 Å². The van der Waals surface area contributed by atoms with Gasteiger partial charge in [0.15, 0.2) is 0 Å². The molecular weight excluding hydrogens is 250 g/mol. The van der Waals surface area contributed by atoms with Crippen molar-refractivity contribution in [2.24, 2.45) is 0 Å². The zero-order valence-electron chi connectivity index (χ0n) is 11.4. The van der Waals surface area contributed by atoms with E-state index in [1.165, 1.54) is 0 Å². The minimum atomic E-state index is 0.603. The third kappa shape index (κ3) is 2.38. The molecule has 0 radical (unpaired) electrons. The molecule has 100 valence electrons. The lowest BCUT2D eigenvalue weighted by molar-refractivity contribution is 1.10. The Hall–Kier alpha value is -2.69. The smallest absolute Gasteiger partial charge is 0.224 e. The third-order valence-electron chi connectivity index (χ3n) is 2.99. The second kappa shape index (κ2) is 5.13. The van der Waals surface area contributed by atoms with Gasteiger partial charge in [0.1, 0.15) is 5.82 Å². The van der Waals surface area contributed by atoms with Gasteiger partial charge in [-0.15, -0.1) is 0 Å². The lowest BCUT2D eigenvalue weighted by atomic mass is 10.2. The molecule has 0 spiro atoms. The van der Waals surface area contributed by atoms with Crippen molar-refractivity contribution < 1.29 is 0 Å². The molecule has 0 unspecified atom stereocenters. The zero-order valence-corrected chi connectivity index (χ0v) is 11.4. The van der Waals surface area contributed by atoms with Gasteiger partial charge in [0.05, 0.1) is 5.52 Å². The van der Waals surface area contributed by atoms with Gasteiger partial charge < -0.3 is 10.6 Å². The van der Waals surface area contributed by atoms with Crippen LogP contribution < -0.4 is 10.6 Å². The van der Waals surface area contributed by atoms with Gasteiger partial charge in [-0.2, -0.15) is 4.98 Å². The third-order valence-corrected chi connectivity index (χ3v) is 2.99. The minimum absolute atomic E-state index is 0.603. The summed E-state index contributed by atoms with van der Waals surface area (Å²) in [6, 6.07) is 11.9. The first-order valence-corrected chi connectivity index (χ1v) is 6.40. The summed E-state index contributed by atoms with van der Waals surface area (Å²) in [5, 5.41) is 7.35. The molecule has 2 N–H and O–H groups in total. The Morgan fingerprint density at radius 1 is 1.05 bits per heavy atom. The number of aromatic nitrogens is 3. The van der Waals surface area contributed by atoms with Crippen LogP contribution in [0.4, 0.5) is 17.5 Å². The van der Waals surface area contributed by atoms with Gasteiger partial charge in [0, 0.05) is 36.1 Å². The fourth-order valence-electron chi connectivity index (χ4n) is 2.09. The van der Waals surface area contributed by atoms with Crippen LogP contribution in [0.3, 0.4) is 0 Å². The quantitative estimate of drug-likeness (QED) is 0.761. The highest BCUT2D eigenvalue weighted by Gasteiger charge is 2.04. The first-order valence-electron chi connectivity index (χ1n) is 6.40. The largest absolute Gasteiger partial charge is 0.357 e. The van der Waals surface area contributed by atoms with E-state index in [1.54, 1.807) is 13.2 Å². The first kappa shape index (κ1) is 12.3. The number of pyridine rings is 1. The maximum absolute atomic E-state index is 4.40. The molecule has 0 fully saturated rings. The number of rotatable bonds is 3. The molecule has 0 bridgehead atoms. The van der Waals surface area contributed by atoms with Crippen molar-refractivity contribution >= 4 is 28.4 Å². The fraction of sp³-hybridized carbons (Fsp3) is 0.133. The summed E-state index contributed by atoms with van der Waals surface area (Å²) in [4.78, 5) is 13.0. The number of aryl methyl sites for hydroxylation is 1. The average Bonchev–Trinajstić information content (AvgIpc) is 2.47. The summed E-state index contributed by atoms with van der Waals surface area (Å²) in [7, 11) is 1.81. The Morgan fingerprint density at radius 3 is 2.80 bits per heavy atom. The second-order valence-corrected chi connectivity index (χ2v) is 4.47. The molecule has 0 aliphatic carbocycles. The van der Waals surface area contributed by atoms with Crippen LogP contribution in [0, 0.1) is 6.92 Å². The van der Waals surface area contributed by atoms with E-state index in [2.05, 4.69) is 25.6 Å². The van der Waals surface area contributed by atoms with Crippen LogP contribution in [0.25, 0.3) is 10.9 Å². The number of nitrogens with zero attached hydrogens (tertiary/aromatic N) is 3. The first-order chi connectivity index (χ1) is 9.76. The van der Waals surface area contributed by atoms with Crippen molar-refractivity contribution in [2.45, 2.75) is 6.92 Å². The van der Waals surface area contributed by atoms with Crippen LogP contribution in [0.5, 0.6) is 0 Å². The Kier molecular flexibility index (Phi) is 3.16. The average molecular weight is 265 g/mol. The standard InChI is InChI=1S/C15H15N5/c1-10-9-14(20-15(16-2)18-10)19-13-7-3-6-12-11(13)5-4-8-17-12/h3-9H,1-2H3,(H2,16,18,19,20). The Bertz CT molecular complexity index is 749. The van der Waals surface area contributed by atoms with E-state index < -0.39 is 0 Å². The van der Waals surface area contributed by atoms with Gasteiger partial charge in [-0.25, -0.2) is 4.98 Å². The van der Waals surface area contributed by atoms with Crippen LogP contribution in [0.2, 0.25) is 0 Å². The van der Waals surface area contributed by atoms with E-state index in [4.69, 9.17) is 0 Å². The Labute approximate surface area is 117 Å². The van der Waals surface area contributed by atoms with Gasteiger partial charge in [-0.3, -0.25) is 4.98 Å². The highest BCUT2D eigenvalue weighted by molar-refractivity contribution is 5.92. The number of anilines is 3. The van der Waals surface area contributed by atoms with Crippen LogP contribution >= 0.6 is 0 Å². The highest BCUT2D eigenvalue weighted by Crippen LogP contribution is 2.24. The predicted molar refractivity (Wildman–Crippen MR) is 81.3 cm³/mol. The summed E-state index contributed by atoms with van der Waals surface area (Å²) in [6.45, 7) is 1.94. The maximum atomic E-state index is 4.40. The molecule has 3 aromatic rings. The van der Waals surface area contributed by atoms with Gasteiger partial charge in [0.25, 0.3) is 0 Å². The molecule has 2 heterocycles. The van der Waals surface area contributed by atoms with Crippen molar-refractivity contribution in [3.8, 4) is 0 Å². The molecule has 3 rings (SSSR count). The van der Waals surface area contributed by atoms with Crippen molar-refractivity contribution in [2.75, 3.05) is 17.7 Å². The van der Waals surface area contributed by atoms with Crippen LogP contribution in [0.15, 0.2) is 42.6 Å². The second-order valence-electron chi connectivity index (χ2n) is 4.47. The maximum Gasteiger partial charge on any atom is 0.224 e. The number of benzene rings is 1. The normalized spacial score (nSPS) is 10.5. The van der Waals surface area contributed by atoms with E-state index in [1.807, 2.05) is 43.3 Å². The predicted octanol–water partition coefficient (Wildman–Crippen LogP) is 3.12. The summed E-state index contributed by atoms with van der Waals surface area (Å²) >= 11 is 0. The van der Waals surface area contributed by atoms with Crippen molar-refractivity contribution in [3.63, 3.8) is 0 Å². The minimum Gasteiger partial charge on any atom is -0.357 e. The molecular formula is C15H15N5. The molecule has 0 aliphatic rings. The molecule has 5 heteroatoms. The number of hydrogen-bond donors (Lipinski definition) is 2. The van der Waals surface area contributed by atoms with E-state index in [0.29, 0.717) is 5.95 Å². The number of hydrogen-bond acceptors (Lipinski definition) is 5. The highest BCUT2D eigenvalue weighted by atomic mass is 15.1. The van der Waals surface area contributed by atoms with E-state index in [0.717, 1.165) is 28.1 Å². The van der Waals surface area contributed by atoms with E-state index in [9.17, 15) is 0 Å². The van der Waals surface area contributed by atoms with Crippen LogP contribution in [0.1, 0.15) is 5.69 Å². The molecule has 0 atom stereocenters. The Morgan fingerprint density at radius 2 is 1.95 bits per heavy atom. The molecule has 2 aromatic heterocycles. The molecule has 1 aromatic carbocycles. The molecule has 20 heavy (non-hydrogen) atoms. The topological polar surface area (TPSA) is 62.7 Å². The lowest BCUT2D eigenvalue weighted by Crippen LogP contribution is -2.02. The lowest BCUT2D eigenvalue weighted by Gasteiger charge is -2.10. The molecule has 5 nitrogen and oxygen atoms in total. The Balaban J connectivity index is 2.03. The van der Waals surface area contributed by atoms with Crippen molar-refractivity contribution in [1.82, 2.24) is 15.0 Å². The van der Waals surface area contributed by atoms with E-state index >= 15 is 0 Å². The van der Waals surface area contributed by atoms with Gasteiger partial charge in [0.2, 0.25) is 5.95 Å². The summed E-state index contributed by atoms with van der Waals surface area (Å²) < 4.78 is 0. The van der Waals surface area contributed by atoms with E-state index in [-0.39, 0.29) is 0 Å². The summed E-state index contributed by atoms with van der Waals surface area (Å²) in [6.07, 6.45) is 1.79. The van der Waals surface area contributed by atoms with Crippen molar-refractivity contribution in [1.29, 1.82) is 0 Å². The molecule has 0 amide bonds. The van der Waals surface area contributed by atoms with Crippen LogP contribution in [-0.2, 0) is 0 Å². The molecule has 0 saturated heterocycles. The summed E-state index contributed by atoms with van der Waals surface area (Å²) in [5.74, 6) is 1.36. The zero-order chi connectivity index (χ0) is 13.9. The SMILES string of the molecule is CNc1nc(C)cc(Nc2cccc3ncccc23)n1. The summed E-state index contributed by atoms with van der Waals surface area (Å²) in [5.41, 5.74) is 2.85. The molecule has 0 aliphatic heterocycles. The number of nitrogens with one attached hydrogen (secondary N) is 2. The van der Waals surface area contributed by atoms with Gasteiger partial charge in [-0.05, 0) is 31.2 Å². The molecule has 0 saturated carbocycles.